The van der Waals surface area contributed by atoms with E-state index < -0.39 is 15.8 Å². The van der Waals surface area contributed by atoms with E-state index in [2.05, 4.69) is 18.6 Å². The van der Waals surface area contributed by atoms with Gasteiger partial charge in [0.2, 0.25) is 10.0 Å². The van der Waals surface area contributed by atoms with E-state index in [1.54, 1.807) is 0 Å². The van der Waals surface area contributed by atoms with Crippen molar-refractivity contribution in [3.8, 4) is 0 Å². The minimum atomic E-state index is -3.73. The van der Waals surface area contributed by atoms with Gasteiger partial charge in [0, 0.05) is 11.7 Å². The van der Waals surface area contributed by atoms with Crippen molar-refractivity contribution in [3.05, 3.63) is 24.0 Å². The summed E-state index contributed by atoms with van der Waals surface area (Å²) in [6.07, 6.45) is 3.69. The van der Waals surface area contributed by atoms with Crippen molar-refractivity contribution in [3.63, 3.8) is 0 Å². The number of nitrogens with one attached hydrogen (secondary N) is 1. The zero-order valence-corrected chi connectivity index (χ0v) is 12.6. The molecule has 20 heavy (non-hydrogen) atoms. The molecule has 6 heteroatoms. The van der Waals surface area contributed by atoms with Crippen LogP contribution in [-0.4, -0.2) is 14.5 Å². The van der Waals surface area contributed by atoms with Crippen LogP contribution in [0.15, 0.2) is 23.1 Å². The number of sulfonamides is 1. The van der Waals surface area contributed by atoms with Gasteiger partial charge in [0.25, 0.3) is 0 Å². The molecule has 0 aliphatic heterocycles. The molecule has 3 N–H and O–H groups in total. The van der Waals surface area contributed by atoms with Gasteiger partial charge >= 0.3 is 0 Å². The lowest BCUT2D eigenvalue weighted by Crippen LogP contribution is -2.40. The van der Waals surface area contributed by atoms with Crippen molar-refractivity contribution in [1.29, 1.82) is 0 Å². The van der Waals surface area contributed by atoms with Crippen LogP contribution in [0.2, 0.25) is 0 Å². The lowest BCUT2D eigenvalue weighted by Gasteiger charge is -2.35. The highest BCUT2D eigenvalue weighted by atomic mass is 32.2. The maximum absolute atomic E-state index is 13.3. The maximum atomic E-state index is 13.3. The summed E-state index contributed by atoms with van der Waals surface area (Å²) in [6.45, 7) is 4.27. The summed E-state index contributed by atoms with van der Waals surface area (Å²) in [5.74, 6) is -0.644. The third-order valence-electron chi connectivity index (χ3n) is 3.73. The molecular formula is C14H21FN2O2S. The quantitative estimate of drug-likeness (QED) is 0.843. The zero-order chi connectivity index (χ0) is 15.0. The van der Waals surface area contributed by atoms with E-state index in [1.807, 2.05) is 0 Å². The van der Waals surface area contributed by atoms with E-state index in [4.69, 9.17) is 5.73 Å². The summed E-state index contributed by atoms with van der Waals surface area (Å²) in [4.78, 5) is -0.113. The summed E-state index contributed by atoms with van der Waals surface area (Å²) >= 11 is 0. The van der Waals surface area contributed by atoms with Crippen molar-refractivity contribution in [2.75, 3.05) is 5.73 Å². The standard InChI is InChI=1S/C14H21FN2O2S/c1-14(2)5-3-4-12(9-14)17-20(18,19)13-7-10(15)6-11(16)8-13/h6-8,12,17H,3-5,9,16H2,1-2H3. The second kappa shape index (κ2) is 5.33. The highest BCUT2D eigenvalue weighted by molar-refractivity contribution is 7.89. The molecule has 0 spiro atoms. The summed E-state index contributed by atoms with van der Waals surface area (Å²) < 4.78 is 40.5. The molecule has 2 rings (SSSR count). The maximum Gasteiger partial charge on any atom is 0.240 e. The van der Waals surface area contributed by atoms with Crippen LogP contribution in [-0.2, 0) is 10.0 Å². The largest absolute Gasteiger partial charge is 0.399 e. The Labute approximate surface area is 119 Å². The van der Waals surface area contributed by atoms with Crippen LogP contribution < -0.4 is 10.5 Å². The summed E-state index contributed by atoms with van der Waals surface area (Å²) in [6, 6.07) is 3.27. The number of rotatable bonds is 3. The van der Waals surface area contributed by atoms with Crippen molar-refractivity contribution in [2.45, 2.75) is 50.5 Å². The number of hydrogen-bond acceptors (Lipinski definition) is 3. The second-order valence-electron chi connectivity index (χ2n) is 6.30. The SMILES string of the molecule is CC1(C)CCCC(NS(=O)(=O)c2cc(N)cc(F)c2)C1. The minimum Gasteiger partial charge on any atom is -0.399 e. The normalized spacial score (nSPS) is 22.6. The number of nitrogen functional groups attached to an aromatic ring is 1. The van der Waals surface area contributed by atoms with E-state index in [9.17, 15) is 12.8 Å². The number of nitrogens with two attached hydrogens (primary N) is 1. The van der Waals surface area contributed by atoms with Crippen LogP contribution in [0.5, 0.6) is 0 Å². The first kappa shape index (κ1) is 15.3. The number of hydrogen-bond donors (Lipinski definition) is 2. The molecule has 0 amide bonds. The Hall–Kier alpha value is -1.14. The van der Waals surface area contributed by atoms with E-state index in [1.165, 1.54) is 6.07 Å². The molecule has 0 saturated heterocycles. The lowest BCUT2D eigenvalue weighted by atomic mass is 9.75. The van der Waals surface area contributed by atoms with E-state index in [0.717, 1.165) is 37.8 Å². The molecule has 4 nitrogen and oxygen atoms in total. The van der Waals surface area contributed by atoms with Gasteiger partial charge < -0.3 is 5.73 Å². The van der Waals surface area contributed by atoms with Gasteiger partial charge in [-0.25, -0.2) is 17.5 Å². The van der Waals surface area contributed by atoms with Gasteiger partial charge in [-0.05, 0) is 42.9 Å². The molecule has 1 atom stereocenters. The van der Waals surface area contributed by atoms with Crippen LogP contribution in [0, 0.1) is 11.2 Å². The molecule has 0 radical (unpaired) electrons. The molecule has 0 heterocycles. The fraction of sp³-hybridized carbons (Fsp3) is 0.571. The third-order valence-corrected chi connectivity index (χ3v) is 5.23. The molecule has 1 fully saturated rings. The van der Waals surface area contributed by atoms with E-state index in [0.29, 0.717) is 0 Å². The predicted molar refractivity (Wildman–Crippen MR) is 77.2 cm³/mol. The van der Waals surface area contributed by atoms with Gasteiger partial charge in [-0.3, -0.25) is 0 Å². The minimum absolute atomic E-state index is 0.103. The first-order chi connectivity index (χ1) is 9.18. The molecule has 0 bridgehead atoms. The third kappa shape index (κ3) is 3.70. The van der Waals surface area contributed by atoms with Gasteiger partial charge in [0.05, 0.1) is 4.90 Å². The lowest BCUT2D eigenvalue weighted by molar-refractivity contribution is 0.212. The molecule has 1 aliphatic carbocycles. The van der Waals surface area contributed by atoms with Crippen molar-refractivity contribution in [2.24, 2.45) is 5.41 Å². The first-order valence-corrected chi connectivity index (χ1v) is 8.25. The topological polar surface area (TPSA) is 72.2 Å². The fourth-order valence-corrected chi connectivity index (χ4v) is 4.16. The summed E-state index contributed by atoms with van der Waals surface area (Å²) in [7, 11) is -3.73. The number of benzene rings is 1. The second-order valence-corrected chi connectivity index (χ2v) is 8.01. The van der Waals surface area contributed by atoms with Crippen LogP contribution in [0.25, 0.3) is 0 Å². The van der Waals surface area contributed by atoms with E-state index >= 15 is 0 Å². The monoisotopic (exact) mass is 300 g/mol. The molecule has 0 aromatic heterocycles. The van der Waals surface area contributed by atoms with Gasteiger partial charge in [-0.15, -0.1) is 0 Å². The average Bonchev–Trinajstić information content (AvgIpc) is 2.25. The van der Waals surface area contributed by atoms with Crippen LogP contribution in [0.1, 0.15) is 39.5 Å². The van der Waals surface area contributed by atoms with Crippen molar-refractivity contribution >= 4 is 15.7 Å². The Morgan fingerprint density at radius 1 is 1.35 bits per heavy atom. The predicted octanol–water partition coefficient (Wildman–Crippen LogP) is 2.66. The molecule has 1 aromatic rings. The van der Waals surface area contributed by atoms with Gasteiger partial charge in [0.1, 0.15) is 5.82 Å². The van der Waals surface area contributed by atoms with Crippen molar-refractivity contribution < 1.29 is 12.8 Å². The highest BCUT2D eigenvalue weighted by Gasteiger charge is 2.31. The first-order valence-electron chi connectivity index (χ1n) is 6.76. The number of anilines is 1. The van der Waals surface area contributed by atoms with Crippen LogP contribution in [0.4, 0.5) is 10.1 Å². The Morgan fingerprint density at radius 3 is 2.65 bits per heavy atom. The summed E-state index contributed by atoms with van der Waals surface area (Å²) in [5.41, 5.74) is 5.74. The van der Waals surface area contributed by atoms with Gasteiger partial charge in [0.15, 0.2) is 0 Å². The van der Waals surface area contributed by atoms with Crippen molar-refractivity contribution in [1.82, 2.24) is 4.72 Å². The average molecular weight is 300 g/mol. The Morgan fingerprint density at radius 2 is 2.05 bits per heavy atom. The molecule has 1 aromatic carbocycles. The molecule has 1 aliphatic rings. The van der Waals surface area contributed by atoms with Crippen LogP contribution in [0.3, 0.4) is 0 Å². The molecular weight excluding hydrogens is 279 g/mol. The number of halogens is 1. The van der Waals surface area contributed by atoms with Crippen LogP contribution >= 0.6 is 0 Å². The Balaban J connectivity index is 2.19. The zero-order valence-electron chi connectivity index (χ0n) is 11.8. The smallest absolute Gasteiger partial charge is 0.240 e. The fourth-order valence-electron chi connectivity index (χ4n) is 2.83. The highest BCUT2D eigenvalue weighted by Crippen LogP contribution is 2.35. The van der Waals surface area contributed by atoms with Gasteiger partial charge in [-0.1, -0.05) is 20.3 Å². The van der Waals surface area contributed by atoms with Gasteiger partial charge in [-0.2, -0.15) is 0 Å². The van der Waals surface area contributed by atoms with E-state index in [-0.39, 0.29) is 22.0 Å². The summed E-state index contributed by atoms with van der Waals surface area (Å²) in [5, 5.41) is 0. The molecule has 1 unspecified atom stereocenters. The molecule has 112 valence electrons. The Kier molecular flexibility index (Phi) is 4.07. The Bertz CT molecular complexity index is 579. The molecule has 1 saturated carbocycles.